The van der Waals surface area contributed by atoms with Gasteiger partial charge in [-0.1, -0.05) is 35.3 Å². The van der Waals surface area contributed by atoms with Crippen molar-refractivity contribution in [1.82, 2.24) is 29.7 Å². The van der Waals surface area contributed by atoms with Crippen molar-refractivity contribution in [2.75, 3.05) is 72.8 Å². The standard InChI is InChI=1S/C53H57Cl2FN6O9S/c1-30-43-31(2)47(55)48(46(30)54)70-39(24-62-18-16-61(3)17-19-62)27-68-38-12-13-41(69-25-36-14-15-57-50(60-36)33-6-10-37(11-7-33)67-28-40-26-65-20-21-66-40)34(22-38)23-42(53(63)64)71-51-45-44(43)49(72-52(45)59-29-58-51)32-4-8-35(56)9-5-32/h4-5,8-9,12-15,22,29,33,37,39-40,42H,6-7,10-11,16-21,23-28H2,1-3H3,(H,63,64)/t33?,37?,39-,40+,42-/m1/s1. The minimum atomic E-state index is -1.46. The van der Waals surface area contributed by atoms with E-state index >= 15 is 0 Å². The van der Waals surface area contributed by atoms with Crippen LogP contribution in [0.2, 0.25) is 10.0 Å². The Kier molecular flexibility index (Phi) is 15.7. The minimum Gasteiger partial charge on any atom is -0.490 e. The summed E-state index contributed by atoms with van der Waals surface area (Å²) in [5.74, 6) is 0.559. The van der Waals surface area contributed by atoms with Crippen molar-refractivity contribution in [3.05, 3.63) is 105 Å². The van der Waals surface area contributed by atoms with Gasteiger partial charge in [-0.15, -0.1) is 11.3 Å². The number of likely N-dealkylation sites (N-methyl/N-ethyl adjacent to an activating group) is 1. The van der Waals surface area contributed by atoms with Crippen molar-refractivity contribution in [2.24, 2.45) is 0 Å². The van der Waals surface area contributed by atoms with Gasteiger partial charge >= 0.3 is 5.97 Å². The molecule has 4 bridgehead atoms. The Hall–Kier alpha value is -5.24. The van der Waals surface area contributed by atoms with E-state index in [1.165, 1.54) is 29.8 Å². The van der Waals surface area contributed by atoms with Crippen molar-refractivity contribution >= 4 is 50.7 Å². The van der Waals surface area contributed by atoms with E-state index in [1.54, 1.807) is 36.5 Å². The summed E-state index contributed by atoms with van der Waals surface area (Å²) in [5, 5.41) is 12.0. The van der Waals surface area contributed by atoms with Gasteiger partial charge in [-0.2, -0.15) is 0 Å². The molecule has 0 amide bonds. The van der Waals surface area contributed by atoms with Gasteiger partial charge in [0.15, 0.2) is 5.75 Å². The fourth-order valence-corrected chi connectivity index (χ4v) is 11.6. The molecule has 3 atom stereocenters. The van der Waals surface area contributed by atoms with Crippen molar-refractivity contribution in [3.8, 4) is 44.7 Å². The summed E-state index contributed by atoms with van der Waals surface area (Å²) >= 11 is 16.0. The second-order valence-electron chi connectivity index (χ2n) is 18.9. The monoisotopic (exact) mass is 1040 g/mol. The van der Waals surface area contributed by atoms with Gasteiger partial charge in [0.2, 0.25) is 12.0 Å². The summed E-state index contributed by atoms with van der Waals surface area (Å²) in [7, 11) is 2.11. The third kappa shape index (κ3) is 11.3. The maximum atomic E-state index is 14.4. The third-order valence-electron chi connectivity index (χ3n) is 13.9. The van der Waals surface area contributed by atoms with Gasteiger partial charge in [0, 0.05) is 67.3 Å². The van der Waals surface area contributed by atoms with E-state index in [-0.39, 0.29) is 43.6 Å². The number of rotatable bonds is 11. The van der Waals surface area contributed by atoms with Crippen LogP contribution in [-0.2, 0) is 32.0 Å². The molecular weight excluding hydrogens is 987 g/mol. The lowest BCUT2D eigenvalue weighted by molar-refractivity contribution is -0.145. The van der Waals surface area contributed by atoms with Gasteiger partial charge in [0.25, 0.3) is 0 Å². The van der Waals surface area contributed by atoms with Crippen LogP contribution in [0.3, 0.4) is 0 Å². The lowest BCUT2D eigenvalue weighted by Crippen LogP contribution is -2.49. The van der Waals surface area contributed by atoms with Crippen molar-refractivity contribution in [3.63, 3.8) is 0 Å². The molecule has 15 nitrogen and oxygen atoms in total. The molecule has 19 heteroatoms. The van der Waals surface area contributed by atoms with Gasteiger partial charge in [0.05, 0.1) is 53.7 Å². The highest BCUT2D eigenvalue weighted by molar-refractivity contribution is 7.22. The summed E-state index contributed by atoms with van der Waals surface area (Å²) in [5.41, 5.74) is 4.49. The van der Waals surface area contributed by atoms with Gasteiger partial charge in [-0.3, -0.25) is 4.90 Å². The van der Waals surface area contributed by atoms with Gasteiger partial charge < -0.3 is 43.2 Å². The van der Waals surface area contributed by atoms with Crippen molar-refractivity contribution < 1.29 is 47.4 Å². The van der Waals surface area contributed by atoms with E-state index in [9.17, 15) is 14.3 Å². The average molecular weight is 1040 g/mol. The van der Waals surface area contributed by atoms with E-state index in [2.05, 4.69) is 31.8 Å². The lowest BCUT2D eigenvalue weighted by Gasteiger charge is -2.35. The van der Waals surface area contributed by atoms with E-state index in [0.717, 1.165) is 57.7 Å². The van der Waals surface area contributed by atoms with Crippen LogP contribution in [0, 0.1) is 19.7 Å². The first kappa shape index (κ1) is 50.3. The maximum Gasteiger partial charge on any atom is 0.345 e. The van der Waals surface area contributed by atoms with Crippen LogP contribution in [-0.4, -0.2) is 138 Å². The third-order valence-corrected chi connectivity index (χ3v) is 16.0. The number of ether oxygens (including phenoxy) is 7. The van der Waals surface area contributed by atoms with Crippen LogP contribution in [0.5, 0.6) is 23.1 Å². The predicted octanol–water partition coefficient (Wildman–Crippen LogP) is 9.38. The predicted molar refractivity (Wildman–Crippen MR) is 272 cm³/mol. The Bertz CT molecular complexity index is 2860. The maximum absolute atomic E-state index is 14.4. The Balaban J connectivity index is 0.984. The molecule has 3 aromatic carbocycles. The molecule has 1 N–H and O–H groups in total. The molecule has 380 valence electrons. The van der Waals surface area contributed by atoms with Crippen LogP contribution < -0.4 is 18.9 Å². The highest BCUT2D eigenvalue weighted by atomic mass is 35.5. The number of aromatic nitrogens is 4. The molecule has 3 aromatic heterocycles. The van der Waals surface area contributed by atoms with Crippen LogP contribution in [0.1, 0.15) is 59.8 Å². The number of piperazine rings is 1. The lowest BCUT2D eigenvalue weighted by atomic mass is 9.86. The molecule has 5 aliphatic rings. The van der Waals surface area contributed by atoms with Gasteiger partial charge in [-0.25, -0.2) is 29.1 Å². The molecule has 3 fully saturated rings. The van der Waals surface area contributed by atoms with E-state index in [4.69, 9.17) is 61.3 Å². The number of hydrogen-bond acceptors (Lipinski definition) is 15. The summed E-state index contributed by atoms with van der Waals surface area (Å²) in [4.78, 5) is 38.1. The Morgan fingerprint density at radius 1 is 0.903 bits per heavy atom. The number of aliphatic carboxylic acids is 1. The quantitative estimate of drug-likeness (QED) is 0.131. The first-order valence-corrected chi connectivity index (χ1v) is 26.0. The molecule has 0 unspecified atom stereocenters. The molecule has 1 saturated carbocycles. The molecule has 0 radical (unpaired) electrons. The molecule has 11 rings (SSSR count). The molecule has 4 aliphatic heterocycles. The highest BCUT2D eigenvalue weighted by Crippen LogP contribution is 2.53. The number of carbonyl (C=O) groups is 1. The van der Waals surface area contributed by atoms with E-state index < -0.39 is 24.0 Å². The largest absolute Gasteiger partial charge is 0.490 e. The van der Waals surface area contributed by atoms with Gasteiger partial charge in [-0.05, 0) is 105 Å². The Morgan fingerprint density at radius 2 is 1.68 bits per heavy atom. The second kappa shape index (κ2) is 22.5. The fraction of sp³-hybridized carbons (Fsp3) is 0.453. The summed E-state index contributed by atoms with van der Waals surface area (Å²) < 4.78 is 58.4. The van der Waals surface area contributed by atoms with Crippen LogP contribution in [0.25, 0.3) is 31.8 Å². The SMILES string of the molecule is Cc1c(Cl)c2c(Cl)c(C)c1-c1c(-c3ccc(F)cc3)sc3ncnc(c13)O[C@@H](C(=O)O)Cc1cc(ccc1OCc1ccnc(C3CCC(OC[C@@H]4COCCO4)CC3)n1)OC[C@@H](CN1CCN(C)CC1)O2. The number of carboxylic acids is 1. The van der Waals surface area contributed by atoms with Crippen molar-refractivity contribution in [1.29, 1.82) is 0 Å². The minimum absolute atomic E-state index is 0.0262. The molecule has 7 heterocycles. The first-order chi connectivity index (χ1) is 34.9. The van der Waals surface area contributed by atoms with Crippen LogP contribution in [0.4, 0.5) is 4.39 Å². The summed E-state index contributed by atoms with van der Waals surface area (Å²) in [6.45, 7) is 10.3. The molecule has 1 aliphatic carbocycles. The molecule has 2 saturated heterocycles. The van der Waals surface area contributed by atoms with E-state index in [1.807, 2.05) is 19.9 Å². The zero-order chi connectivity index (χ0) is 49.9. The zero-order valence-electron chi connectivity index (χ0n) is 40.4. The zero-order valence-corrected chi connectivity index (χ0v) is 42.7. The topological polar surface area (TPSA) is 160 Å². The average Bonchev–Trinajstić information content (AvgIpc) is 3.78. The van der Waals surface area contributed by atoms with Crippen LogP contribution >= 0.6 is 34.5 Å². The summed E-state index contributed by atoms with van der Waals surface area (Å²) in [6.07, 6.45) is 4.67. The first-order valence-electron chi connectivity index (χ1n) is 24.5. The van der Waals surface area contributed by atoms with E-state index in [0.29, 0.717) is 114 Å². The second-order valence-corrected chi connectivity index (χ2v) is 20.7. The summed E-state index contributed by atoms with van der Waals surface area (Å²) in [6, 6.07) is 13.3. The molecule has 6 aromatic rings. The molecular formula is C53H57Cl2FN6O9S. The van der Waals surface area contributed by atoms with Crippen LogP contribution in [0.15, 0.2) is 61.1 Å². The number of halogens is 3. The van der Waals surface area contributed by atoms with Gasteiger partial charge in [0.1, 0.15) is 59.7 Å². The Labute approximate surface area is 431 Å². The number of thiophene rings is 1. The molecule has 72 heavy (non-hydrogen) atoms. The normalized spacial score (nSPS) is 22.2. The smallest absolute Gasteiger partial charge is 0.345 e. The number of carboxylic acid groups (broad SMARTS) is 1. The highest BCUT2D eigenvalue weighted by Gasteiger charge is 2.33. The number of fused-ring (bicyclic) bond motifs is 7. The molecule has 0 spiro atoms. The number of nitrogens with zero attached hydrogens (tertiary/aromatic N) is 6. The number of hydrogen-bond donors (Lipinski definition) is 1. The van der Waals surface area contributed by atoms with Crippen molar-refractivity contribution in [2.45, 2.75) is 82.9 Å². The Morgan fingerprint density at radius 3 is 2.42 bits per heavy atom. The number of benzene rings is 3. The fourth-order valence-electron chi connectivity index (χ4n) is 9.92.